The molecule has 0 aromatic carbocycles. The van der Waals surface area contributed by atoms with Crippen molar-refractivity contribution in [2.45, 2.75) is 141 Å². The summed E-state index contributed by atoms with van der Waals surface area (Å²) in [5.74, 6) is 1.93. The topological polar surface area (TPSA) is 57.7 Å². The summed E-state index contributed by atoms with van der Waals surface area (Å²) in [7, 11) is 0. The van der Waals surface area contributed by atoms with Gasteiger partial charge in [-0.2, -0.15) is 0 Å². The van der Waals surface area contributed by atoms with Crippen LogP contribution in [0.25, 0.3) is 0 Å². The summed E-state index contributed by atoms with van der Waals surface area (Å²) in [6.07, 6.45) is 18.6. The molecule has 3 fully saturated rings. The van der Waals surface area contributed by atoms with Gasteiger partial charge in [-0.3, -0.25) is 4.79 Å². The molecular formula is C31H49NO4. The quantitative estimate of drug-likeness (QED) is 0.272. The molecular weight excluding hydrogens is 450 g/mol. The van der Waals surface area contributed by atoms with Crippen LogP contribution in [0.15, 0.2) is 12.3 Å². The number of hydrogen-bond donors (Lipinski definition) is 0. The second kappa shape index (κ2) is 12.9. The van der Waals surface area contributed by atoms with Gasteiger partial charge in [0.2, 0.25) is 5.88 Å². The zero-order valence-corrected chi connectivity index (χ0v) is 23.2. The van der Waals surface area contributed by atoms with Gasteiger partial charge < -0.3 is 14.2 Å². The van der Waals surface area contributed by atoms with Crippen molar-refractivity contribution >= 4 is 5.78 Å². The first-order valence-electron chi connectivity index (χ1n) is 14.8. The second-order valence-electron chi connectivity index (χ2n) is 12.0. The highest BCUT2D eigenvalue weighted by molar-refractivity contribution is 5.96. The largest absolute Gasteiger partial charge is 0.475 e. The number of hydrogen-bond acceptors (Lipinski definition) is 5. The van der Waals surface area contributed by atoms with Crippen LogP contribution in [0.4, 0.5) is 0 Å². The molecule has 0 bridgehead atoms. The first-order chi connectivity index (χ1) is 17.4. The fraction of sp³-hybridized carbons (Fsp3) is 0.806. The highest BCUT2D eigenvalue weighted by Crippen LogP contribution is 2.45. The molecule has 2 aliphatic carbocycles. The molecule has 1 aliphatic heterocycles. The standard InChI is InChI=1S/C31H49NO4/c1-5-34-27-19-29(25-12-8-6-7-9-13-25)36-31(20-27)15-10-11-24(14-16-31)18-28(33)26-17-23(4)30(32-21-26)35-22(2)3/h17,21-22,24-25,27,29H,5-16,18-20H2,1-4H3. The number of carbonyl (C=O) groups excluding carboxylic acids is 1. The van der Waals surface area contributed by atoms with Crippen LogP contribution in [0, 0.1) is 18.8 Å². The van der Waals surface area contributed by atoms with Gasteiger partial charge in [-0.15, -0.1) is 0 Å². The van der Waals surface area contributed by atoms with E-state index < -0.39 is 0 Å². The number of carbonyl (C=O) groups is 1. The van der Waals surface area contributed by atoms with Crippen molar-refractivity contribution in [3.8, 4) is 5.88 Å². The number of nitrogens with zero attached hydrogens (tertiary/aromatic N) is 1. The molecule has 36 heavy (non-hydrogen) atoms. The van der Waals surface area contributed by atoms with Gasteiger partial charge in [0, 0.05) is 43.2 Å². The van der Waals surface area contributed by atoms with E-state index in [1.54, 1.807) is 6.20 Å². The number of aromatic nitrogens is 1. The zero-order valence-electron chi connectivity index (χ0n) is 23.2. The SMILES string of the molecule is CCOC1CC(C2CCCCCC2)OC2(CCCC(CC(=O)c3cnc(OC(C)C)c(C)c3)CC2)C1. The first-order valence-corrected chi connectivity index (χ1v) is 14.8. The molecule has 4 atom stereocenters. The van der Waals surface area contributed by atoms with E-state index >= 15 is 0 Å². The van der Waals surface area contributed by atoms with E-state index in [9.17, 15) is 4.79 Å². The van der Waals surface area contributed by atoms with Crippen molar-refractivity contribution in [3.63, 3.8) is 0 Å². The third-order valence-electron chi connectivity index (χ3n) is 8.75. The number of pyridine rings is 1. The van der Waals surface area contributed by atoms with Crippen molar-refractivity contribution in [2.24, 2.45) is 11.8 Å². The van der Waals surface area contributed by atoms with Crippen LogP contribution in [0.3, 0.4) is 0 Å². The Balaban J connectivity index is 1.39. The lowest BCUT2D eigenvalue weighted by Gasteiger charge is -2.47. The molecule has 0 radical (unpaired) electrons. The van der Waals surface area contributed by atoms with Gasteiger partial charge in [-0.05, 0) is 84.1 Å². The summed E-state index contributed by atoms with van der Waals surface area (Å²) in [5.41, 5.74) is 1.57. The Morgan fingerprint density at radius 1 is 1.11 bits per heavy atom. The van der Waals surface area contributed by atoms with Crippen molar-refractivity contribution in [1.29, 1.82) is 0 Å². The van der Waals surface area contributed by atoms with E-state index in [1.165, 1.54) is 38.5 Å². The minimum absolute atomic E-state index is 0.0686. The molecule has 2 saturated carbocycles. The number of ether oxygens (including phenoxy) is 3. The van der Waals surface area contributed by atoms with Crippen LogP contribution in [-0.2, 0) is 9.47 Å². The third kappa shape index (κ3) is 7.31. The molecule has 2 heterocycles. The Kier molecular flexibility index (Phi) is 9.85. The van der Waals surface area contributed by atoms with Crippen molar-refractivity contribution in [2.75, 3.05) is 6.61 Å². The molecule has 1 aromatic rings. The van der Waals surface area contributed by atoms with E-state index in [4.69, 9.17) is 14.2 Å². The van der Waals surface area contributed by atoms with Crippen molar-refractivity contribution in [1.82, 2.24) is 4.98 Å². The van der Waals surface area contributed by atoms with Crippen LogP contribution in [0.1, 0.15) is 127 Å². The van der Waals surface area contributed by atoms with Gasteiger partial charge in [0.05, 0.1) is 23.9 Å². The van der Waals surface area contributed by atoms with E-state index in [1.807, 2.05) is 26.8 Å². The molecule has 1 aromatic heterocycles. The van der Waals surface area contributed by atoms with Crippen LogP contribution in [0.2, 0.25) is 0 Å². The van der Waals surface area contributed by atoms with Crippen LogP contribution in [-0.4, -0.2) is 41.3 Å². The second-order valence-corrected chi connectivity index (χ2v) is 12.0. The molecule has 1 spiro atoms. The summed E-state index contributed by atoms with van der Waals surface area (Å²) in [6, 6.07) is 1.94. The Bertz CT molecular complexity index is 847. The highest BCUT2D eigenvalue weighted by Gasteiger charge is 2.45. The number of ketones is 1. The lowest BCUT2D eigenvalue weighted by molar-refractivity contribution is -0.194. The van der Waals surface area contributed by atoms with E-state index in [2.05, 4.69) is 11.9 Å². The molecule has 5 nitrogen and oxygen atoms in total. The molecule has 5 heteroatoms. The van der Waals surface area contributed by atoms with Gasteiger partial charge in [0.25, 0.3) is 0 Å². The molecule has 4 rings (SSSR count). The summed E-state index contributed by atoms with van der Waals surface area (Å²) in [6.45, 7) is 8.85. The normalized spacial score (nSPS) is 30.2. The zero-order chi connectivity index (χ0) is 25.5. The number of Topliss-reactive ketones (excluding diaryl/α,β-unsaturated/α-hetero) is 1. The maximum absolute atomic E-state index is 13.2. The van der Waals surface area contributed by atoms with Gasteiger partial charge in [0.15, 0.2) is 5.78 Å². The maximum atomic E-state index is 13.2. The minimum atomic E-state index is -0.0686. The summed E-state index contributed by atoms with van der Waals surface area (Å²) in [5, 5.41) is 0. The highest BCUT2D eigenvalue weighted by atomic mass is 16.5. The monoisotopic (exact) mass is 499 g/mol. The van der Waals surface area contributed by atoms with E-state index in [-0.39, 0.29) is 17.5 Å². The van der Waals surface area contributed by atoms with E-state index in [0.29, 0.717) is 41.9 Å². The Hall–Kier alpha value is -1.46. The predicted molar refractivity (Wildman–Crippen MR) is 144 cm³/mol. The van der Waals surface area contributed by atoms with Crippen LogP contribution >= 0.6 is 0 Å². The Morgan fingerprint density at radius 2 is 1.89 bits per heavy atom. The van der Waals surface area contributed by atoms with Crippen molar-refractivity contribution < 1.29 is 19.0 Å². The summed E-state index contributed by atoms with van der Waals surface area (Å²) in [4.78, 5) is 17.6. The van der Waals surface area contributed by atoms with E-state index in [0.717, 1.165) is 57.1 Å². The summed E-state index contributed by atoms with van der Waals surface area (Å²) < 4.78 is 19.1. The molecule has 4 unspecified atom stereocenters. The lowest BCUT2D eigenvalue weighted by Crippen LogP contribution is -2.49. The average molecular weight is 500 g/mol. The lowest BCUT2D eigenvalue weighted by atomic mass is 9.79. The first kappa shape index (κ1) is 27.6. The average Bonchev–Trinajstić information content (AvgIpc) is 3.22. The van der Waals surface area contributed by atoms with Gasteiger partial charge in [0.1, 0.15) is 0 Å². The minimum Gasteiger partial charge on any atom is -0.475 e. The molecule has 1 saturated heterocycles. The fourth-order valence-electron chi connectivity index (χ4n) is 6.93. The fourth-order valence-corrected chi connectivity index (χ4v) is 6.93. The summed E-state index contributed by atoms with van der Waals surface area (Å²) >= 11 is 0. The van der Waals surface area contributed by atoms with Crippen LogP contribution < -0.4 is 4.74 Å². The third-order valence-corrected chi connectivity index (χ3v) is 8.75. The molecule has 3 aliphatic rings. The Morgan fingerprint density at radius 3 is 2.58 bits per heavy atom. The number of rotatable bonds is 8. The maximum Gasteiger partial charge on any atom is 0.216 e. The molecule has 0 N–H and O–H groups in total. The predicted octanol–water partition coefficient (Wildman–Crippen LogP) is 7.62. The van der Waals surface area contributed by atoms with Gasteiger partial charge in [-0.1, -0.05) is 32.1 Å². The molecule has 202 valence electrons. The molecule has 0 amide bonds. The van der Waals surface area contributed by atoms with Crippen molar-refractivity contribution in [3.05, 3.63) is 23.4 Å². The Labute approximate surface area is 219 Å². The van der Waals surface area contributed by atoms with Gasteiger partial charge >= 0.3 is 0 Å². The van der Waals surface area contributed by atoms with Crippen LogP contribution in [0.5, 0.6) is 5.88 Å². The number of aryl methyl sites for hydroxylation is 1. The smallest absolute Gasteiger partial charge is 0.216 e. The van der Waals surface area contributed by atoms with Gasteiger partial charge in [-0.25, -0.2) is 4.98 Å².